The summed E-state index contributed by atoms with van der Waals surface area (Å²) in [6, 6.07) is 1.72. The van der Waals surface area contributed by atoms with Gasteiger partial charge in [0.2, 0.25) is 5.95 Å². The minimum atomic E-state index is -0.0986. The summed E-state index contributed by atoms with van der Waals surface area (Å²) in [6.45, 7) is 3.97. The Labute approximate surface area is 107 Å². The highest BCUT2D eigenvalue weighted by atomic mass is 16.2. The number of anilines is 1. The third-order valence-corrected chi connectivity index (χ3v) is 3.68. The number of carbonyl (C=O) groups excluding carboxylic acids is 1. The fraction of sp³-hybridized carbons (Fsp3) is 0.615. The third kappa shape index (κ3) is 2.44. The van der Waals surface area contributed by atoms with E-state index in [1.165, 1.54) is 6.42 Å². The van der Waals surface area contributed by atoms with Crippen LogP contribution >= 0.6 is 0 Å². The number of amides is 1. The quantitative estimate of drug-likeness (QED) is 0.854. The summed E-state index contributed by atoms with van der Waals surface area (Å²) in [4.78, 5) is 20.6. The summed E-state index contributed by atoms with van der Waals surface area (Å²) in [5.41, 5.74) is 1.22. The summed E-state index contributed by atoms with van der Waals surface area (Å²) in [6.07, 6.45) is 4.30. The first-order chi connectivity index (χ1) is 8.58. The standard InChI is InChI=1S/C13H20N4O/c1-4-13(6-5-7-13)17-11(18)10-8-9(2)15-12(14-3)16-10/h8H,4-7H2,1-3H3,(H,17,18)(H,14,15,16). The smallest absolute Gasteiger partial charge is 0.270 e. The summed E-state index contributed by atoms with van der Waals surface area (Å²) >= 11 is 0. The van der Waals surface area contributed by atoms with E-state index in [0.29, 0.717) is 11.6 Å². The molecule has 1 aliphatic carbocycles. The van der Waals surface area contributed by atoms with Crippen molar-refractivity contribution < 1.29 is 4.79 Å². The lowest BCUT2D eigenvalue weighted by Gasteiger charge is -2.41. The topological polar surface area (TPSA) is 66.9 Å². The predicted molar refractivity (Wildman–Crippen MR) is 70.7 cm³/mol. The predicted octanol–water partition coefficient (Wildman–Crippen LogP) is 1.89. The Bertz CT molecular complexity index is 449. The van der Waals surface area contributed by atoms with Crippen LogP contribution in [-0.4, -0.2) is 28.5 Å². The summed E-state index contributed by atoms with van der Waals surface area (Å²) < 4.78 is 0. The Balaban J connectivity index is 2.15. The second kappa shape index (κ2) is 4.92. The Morgan fingerprint density at radius 3 is 2.67 bits per heavy atom. The lowest BCUT2D eigenvalue weighted by atomic mass is 9.75. The maximum absolute atomic E-state index is 12.2. The number of nitrogens with zero attached hydrogens (tertiary/aromatic N) is 2. The molecule has 1 aromatic heterocycles. The van der Waals surface area contributed by atoms with Crippen LogP contribution in [0.3, 0.4) is 0 Å². The molecule has 0 saturated heterocycles. The van der Waals surface area contributed by atoms with E-state index < -0.39 is 0 Å². The van der Waals surface area contributed by atoms with Crippen molar-refractivity contribution in [1.29, 1.82) is 0 Å². The average molecular weight is 248 g/mol. The van der Waals surface area contributed by atoms with Crippen LogP contribution in [0.5, 0.6) is 0 Å². The van der Waals surface area contributed by atoms with Crippen molar-refractivity contribution in [2.45, 2.75) is 45.1 Å². The van der Waals surface area contributed by atoms with Crippen molar-refractivity contribution in [3.8, 4) is 0 Å². The van der Waals surface area contributed by atoms with Gasteiger partial charge in [0.25, 0.3) is 5.91 Å². The third-order valence-electron chi connectivity index (χ3n) is 3.68. The molecule has 0 aliphatic heterocycles. The first-order valence-corrected chi connectivity index (χ1v) is 6.44. The zero-order valence-corrected chi connectivity index (χ0v) is 11.2. The van der Waals surface area contributed by atoms with Crippen LogP contribution in [0.4, 0.5) is 5.95 Å². The fourth-order valence-electron chi connectivity index (χ4n) is 2.27. The highest BCUT2D eigenvalue weighted by molar-refractivity contribution is 5.93. The van der Waals surface area contributed by atoms with E-state index in [0.717, 1.165) is 25.0 Å². The van der Waals surface area contributed by atoms with Gasteiger partial charge in [-0.3, -0.25) is 4.79 Å². The second-order valence-corrected chi connectivity index (χ2v) is 4.91. The van der Waals surface area contributed by atoms with Crippen LogP contribution in [-0.2, 0) is 0 Å². The summed E-state index contributed by atoms with van der Waals surface area (Å²) in [7, 11) is 1.75. The normalized spacial score (nSPS) is 16.8. The van der Waals surface area contributed by atoms with Crippen molar-refractivity contribution in [2.75, 3.05) is 12.4 Å². The Hall–Kier alpha value is -1.65. The van der Waals surface area contributed by atoms with Gasteiger partial charge in [0, 0.05) is 18.3 Å². The lowest BCUT2D eigenvalue weighted by molar-refractivity contribution is 0.0815. The minimum absolute atomic E-state index is 0.00422. The highest BCUT2D eigenvalue weighted by Crippen LogP contribution is 2.34. The van der Waals surface area contributed by atoms with E-state index in [1.807, 2.05) is 6.92 Å². The van der Waals surface area contributed by atoms with Crippen LogP contribution < -0.4 is 10.6 Å². The Morgan fingerprint density at radius 1 is 1.44 bits per heavy atom. The maximum Gasteiger partial charge on any atom is 0.270 e. The van der Waals surface area contributed by atoms with Gasteiger partial charge in [0.05, 0.1) is 0 Å². The van der Waals surface area contributed by atoms with Crippen molar-refractivity contribution in [1.82, 2.24) is 15.3 Å². The molecule has 0 atom stereocenters. The second-order valence-electron chi connectivity index (χ2n) is 4.91. The van der Waals surface area contributed by atoms with E-state index in [4.69, 9.17) is 0 Å². The number of hydrogen-bond donors (Lipinski definition) is 2. The van der Waals surface area contributed by atoms with Crippen LogP contribution in [0.15, 0.2) is 6.07 Å². The van der Waals surface area contributed by atoms with Crippen LogP contribution in [0.2, 0.25) is 0 Å². The van der Waals surface area contributed by atoms with Gasteiger partial charge in [0.15, 0.2) is 0 Å². The van der Waals surface area contributed by atoms with Gasteiger partial charge in [-0.15, -0.1) is 0 Å². The molecule has 0 unspecified atom stereocenters. The monoisotopic (exact) mass is 248 g/mol. The minimum Gasteiger partial charge on any atom is -0.357 e. The SMILES string of the molecule is CCC1(NC(=O)c2cc(C)nc(NC)n2)CCC1. The first-order valence-electron chi connectivity index (χ1n) is 6.44. The summed E-state index contributed by atoms with van der Waals surface area (Å²) in [5, 5.41) is 5.98. The Kier molecular flexibility index (Phi) is 3.50. The molecule has 1 amide bonds. The molecule has 0 spiro atoms. The van der Waals surface area contributed by atoms with Crippen molar-refractivity contribution in [3.05, 3.63) is 17.5 Å². The number of aryl methyl sites for hydroxylation is 1. The zero-order valence-electron chi connectivity index (χ0n) is 11.2. The number of aromatic nitrogens is 2. The van der Waals surface area contributed by atoms with Crippen molar-refractivity contribution in [3.63, 3.8) is 0 Å². The molecule has 1 fully saturated rings. The highest BCUT2D eigenvalue weighted by Gasteiger charge is 2.36. The Morgan fingerprint density at radius 2 is 2.17 bits per heavy atom. The molecular formula is C13H20N4O. The van der Waals surface area contributed by atoms with Gasteiger partial charge in [-0.1, -0.05) is 6.92 Å². The molecular weight excluding hydrogens is 228 g/mol. The van der Waals surface area contributed by atoms with Gasteiger partial charge in [-0.25, -0.2) is 9.97 Å². The maximum atomic E-state index is 12.2. The van der Waals surface area contributed by atoms with Crippen LogP contribution in [0.25, 0.3) is 0 Å². The molecule has 2 rings (SSSR count). The van der Waals surface area contributed by atoms with Crippen LogP contribution in [0.1, 0.15) is 48.8 Å². The lowest BCUT2D eigenvalue weighted by Crippen LogP contribution is -2.53. The van der Waals surface area contributed by atoms with E-state index in [-0.39, 0.29) is 11.4 Å². The van der Waals surface area contributed by atoms with Gasteiger partial charge >= 0.3 is 0 Å². The largest absolute Gasteiger partial charge is 0.357 e. The molecule has 1 heterocycles. The molecule has 1 saturated carbocycles. The molecule has 0 bridgehead atoms. The van der Waals surface area contributed by atoms with Crippen LogP contribution in [0, 0.1) is 6.92 Å². The molecule has 2 N–H and O–H groups in total. The molecule has 0 radical (unpaired) electrons. The van der Waals surface area contributed by atoms with E-state index in [1.54, 1.807) is 13.1 Å². The van der Waals surface area contributed by atoms with Gasteiger partial charge in [-0.2, -0.15) is 0 Å². The van der Waals surface area contributed by atoms with Crippen molar-refractivity contribution in [2.24, 2.45) is 0 Å². The average Bonchev–Trinajstić information content (AvgIpc) is 2.32. The van der Waals surface area contributed by atoms with E-state index >= 15 is 0 Å². The zero-order chi connectivity index (χ0) is 13.2. The number of hydrogen-bond acceptors (Lipinski definition) is 4. The fourth-order valence-corrected chi connectivity index (χ4v) is 2.27. The van der Waals surface area contributed by atoms with Gasteiger partial charge < -0.3 is 10.6 Å². The van der Waals surface area contributed by atoms with Gasteiger partial charge in [0.1, 0.15) is 5.69 Å². The first kappa shape index (κ1) is 12.8. The molecule has 1 aliphatic rings. The van der Waals surface area contributed by atoms with E-state index in [2.05, 4.69) is 27.5 Å². The summed E-state index contributed by atoms with van der Waals surface area (Å²) in [5.74, 6) is 0.387. The molecule has 98 valence electrons. The molecule has 0 aromatic carbocycles. The number of nitrogens with one attached hydrogen (secondary N) is 2. The molecule has 5 nitrogen and oxygen atoms in total. The number of carbonyl (C=O) groups is 1. The van der Waals surface area contributed by atoms with E-state index in [9.17, 15) is 4.79 Å². The molecule has 1 aromatic rings. The molecule has 18 heavy (non-hydrogen) atoms. The number of rotatable bonds is 4. The van der Waals surface area contributed by atoms with Crippen molar-refractivity contribution >= 4 is 11.9 Å². The van der Waals surface area contributed by atoms with Gasteiger partial charge in [-0.05, 0) is 38.7 Å². The molecule has 5 heteroatoms.